The molecular weight excluding hydrogens is 410 g/mol. The molecule has 29 heavy (non-hydrogen) atoms. The zero-order valence-corrected chi connectivity index (χ0v) is 18.1. The highest BCUT2D eigenvalue weighted by atomic mass is 32.2. The predicted molar refractivity (Wildman–Crippen MR) is 114 cm³/mol. The lowest BCUT2D eigenvalue weighted by Gasteiger charge is -2.29. The summed E-state index contributed by atoms with van der Waals surface area (Å²) in [4.78, 5) is 31.6. The summed E-state index contributed by atoms with van der Waals surface area (Å²) in [5.74, 6) is 1.63. The normalized spacial score (nSPS) is 13.4. The van der Waals surface area contributed by atoms with Gasteiger partial charge in [0.15, 0.2) is 16.7 Å². The van der Waals surface area contributed by atoms with Crippen LogP contribution >= 0.6 is 23.1 Å². The molecule has 0 fully saturated rings. The largest absolute Gasteiger partial charge is 0.493 e. The van der Waals surface area contributed by atoms with E-state index in [0.717, 1.165) is 12.0 Å². The molecule has 7 nitrogen and oxygen atoms in total. The number of methoxy groups -OCH3 is 2. The molecule has 0 atom stereocenters. The summed E-state index contributed by atoms with van der Waals surface area (Å²) in [7, 11) is 4.92. The fourth-order valence-electron chi connectivity index (χ4n) is 3.41. The van der Waals surface area contributed by atoms with E-state index < -0.39 is 0 Å². The summed E-state index contributed by atoms with van der Waals surface area (Å²) in [5, 5.41) is 2.41. The van der Waals surface area contributed by atoms with E-state index in [9.17, 15) is 9.59 Å². The maximum absolute atomic E-state index is 12.8. The number of thioether (sulfide) groups is 1. The summed E-state index contributed by atoms with van der Waals surface area (Å²) >= 11 is 2.68. The molecule has 0 bridgehead atoms. The molecule has 3 aromatic rings. The number of hydrogen-bond acceptors (Lipinski definition) is 7. The Morgan fingerprint density at radius 1 is 1.24 bits per heavy atom. The van der Waals surface area contributed by atoms with Crippen molar-refractivity contribution in [1.29, 1.82) is 0 Å². The average Bonchev–Trinajstić information content (AvgIpc) is 3.22. The number of carbonyl (C=O) groups is 1. The summed E-state index contributed by atoms with van der Waals surface area (Å²) in [6.45, 7) is 1.18. The van der Waals surface area contributed by atoms with Crippen LogP contribution in [0.15, 0.2) is 33.5 Å². The topological polar surface area (TPSA) is 73.7 Å². The molecule has 4 rings (SSSR count). The number of nitrogens with zero attached hydrogens (tertiary/aromatic N) is 3. The second-order valence-corrected chi connectivity index (χ2v) is 8.58. The minimum atomic E-state index is -0.0760. The average molecular weight is 432 g/mol. The minimum absolute atomic E-state index is 0.0232. The van der Waals surface area contributed by atoms with Crippen LogP contribution in [-0.4, -0.2) is 46.9 Å². The quantitative estimate of drug-likeness (QED) is 0.457. The molecule has 0 spiro atoms. The van der Waals surface area contributed by atoms with Gasteiger partial charge in [0.1, 0.15) is 4.70 Å². The number of hydrogen-bond donors (Lipinski definition) is 0. The van der Waals surface area contributed by atoms with Crippen LogP contribution in [0.1, 0.15) is 11.1 Å². The Morgan fingerprint density at radius 2 is 1.97 bits per heavy atom. The number of amides is 1. The number of aromatic nitrogens is 2. The van der Waals surface area contributed by atoms with Gasteiger partial charge in [0, 0.05) is 20.1 Å². The van der Waals surface area contributed by atoms with Gasteiger partial charge in [-0.05, 0) is 41.1 Å². The molecule has 0 aliphatic carbocycles. The maximum Gasteiger partial charge on any atom is 0.271 e. The zero-order chi connectivity index (χ0) is 20.5. The monoisotopic (exact) mass is 431 g/mol. The van der Waals surface area contributed by atoms with Crippen LogP contribution in [-0.2, 0) is 24.8 Å². The van der Waals surface area contributed by atoms with E-state index in [1.54, 1.807) is 21.3 Å². The highest BCUT2D eigenvalue weighted by Crippen LogP contribution is 2.33. The van der Waals surface area contributed by atoms with E-state index in [2.05, 4.69) is 4.98 Å². The first kappa shape index (κ1) is 19.8. The van der Waals surface area contributed by atoms with E-state index in [0.29, 0.717) is 40.0 Å². The molecule has 1 aliphatic rings. The van der Waals surface area contributed by atoms with Gasteiger partial charge in [0.2, 0.25) is 5.91 Å². The SMILES string of the molecule is COc1cc2c(cc1OC)CN(C(=O)CSc1nc3ccsc3c(=O)n1C)CC2. The number of rotatable bonds is 5. The standard InChI is InChI=1S/C20H21N3O4S2/c1-22-19(25)18-14(5-7-28-18)21-20(22)29-11-17(24)23-6-4-12-8-15(26-2)16(27-3)9-13(12)10-23/h5,7-9H,4,6,10-11H2,1-3H3. The summed E-state index contributed by atoms with van der Waals surface area (Å²) in [5.41, 5.74) is 2.85. The van der Waals surface area contributed by atoms with Crippen molar-refractivity contribution in [1.82, 2.24) is 14.5 Å². The number of carbonyl (C=O) groups excluding carboxylic acids is 1. The summed E-state index contributed by atoms with van der Waals surface area (Å²) < 4.78 is 12.9. The van der Waals surface area contributed by atoms with E-state index >= 15 is 0 Å². The van der Waals surface area contributed by atoms with Gasteiger partial charge in [-0.3, -0.25) is 14.2 Å². The third-order valence-corrected chi connectivity index (χ3v) is 6.95. The number of benzene rings is 1. The van der Waals surface area contributed by atoms with Crippen molar-refractivity contribution in [2.45, 2.75) is 18.1 Å². The smallest absolute Gasteiger partial charge is 0.271 e. The van der Waals surface area contributed by atoms with Gasteiger partial charge < -0.3 is 14.4 Å². The third-order valence-electron chi connectivity index (χ3n) is 5.04. The second kappa shape index (κ2) is 8.08. The number of fused-ring (bicyclic) bond motifs is 2. The van der Waals surface area contributed by atoms with E-state index in [1.807, 2.05) is 28.5 Å². The van der Waals surface area contributed by atoms with Crippen molar-refractivity contribution in [2.75, 3.05) is 26.5 Å². The molecule has 0 saturated carbocycles. The molecule has 2 aromatic heterocycles. The van der Waals surface area contributed by atoms with Crippen molar-refractivity contribution in [3.8, 4) is 11.5 Å². The molecule has 0 radical (unpaired) electrons. The predicted octanol–water partition coefficient (Wildman–Crippen LogP) is 2.69. The van der Waals surface area contributed by atoms with Crippen LogP contribution < -0.4 is 15.0 Å². The third kappa shape index (κ3) is 3.72. The zero-order valence-electron chi connectivity index (χ0n) is 16.4. The number of thiophene rings is 1. The highest BCUT2D eigenvalue weighted by molar-refractivity contribution is 7.99. The van der Waals surface area contributed by atoms with E-state index in [-0.39, 0.29) is 17.2 Å². The minimum Gasteiger partial charge on any atom is -0.493 e. The fraction of sp³-hybridized carbons (Fsp3) is 0.350. The van der Waals surface area contributed by atoms with E-state index in [1.165, 1.54) is 33.2 Å². The first-order valence-corrected chi connectivity index (χ1v) is 11.0. The molecule has 3 heterocycles. The van der Waals surface area contributed by atoms with Crippen LogP contribution in [0.3, 0.4) is 0 Å². The molecule has 0 N–H and O–H groups in total. The molecule has 0 unspecified atom stereocenters. The molecule has 1 aliphatic heterocycles. The van der Waals surface area contributed by atoms with Gasteiger partial charge in [-0.15, -0.1) is 11.3 Å². The molecular formula is C20H21N3O4S2. The first-order chi connectivity index (χ1) is 14.0. The van der Waals surface area contributed by atoms with Gasteiger partial charge in [-0.1, -0.05) is 11.8 Å². The van der Waals surface area contributed by atoms with Crippen molar-refractivity contribution in [2.24, 2.45) is 7.05 Å². The van der Waals surface area contributed by atoms with Gasteiger partial charge in [0.05, 0.1) is 25.5 Å². The first-order valence-electron chi connectivity index (χ1n) is 9.10. The Balaban J connectivity index is 1.48. The maximum atomic E-state index is 12.8. The fourth-order valence-corrected chi connectivity index (χ4v) is 5.09. The molecule has 9 heteroatoms. The van der Waals surface area contributed by atoms with E-state index in [4.69, 9.17) is 9.47 Å². The number of ether oxygens (including phenoxy) is 2. The van der Waals surface area contributed by atoms with Gasteiger partial charge in [0.25, 0.3) is 5.56 Å². The van der Waals surface area contributed by atoms with Crippen molar-refractivity contribution < 1.29 is 14.3 Å². The van der Waals surface area contributed by atoms with Crippen LogP contribution in [0.4, 0.5) is 0 Å². The molecule has 0 saturated heterocycles. The lowest BCUT2D eigenvalue weighted by molar-refractivity contribution is -0.129. The lowest BCUT2D eigenvalue weighted by atomic mass is 9.99. The molecule has 152 valence electrons. The Hall–Kier alpha value is -2.52. The Bertz CT molecular complexity index is 1140. The molecule has 1 aromatic carbocycles. The van der Waals surface area contributed by atoms with Crippen LogP contribution in [0, 0.1) is 0 Å². The Morgan fingerprint density at radius 3 is 2.69 bits per heavy atom. The van der Waals surface area contributed by atoms with Crippen LogP contribution in [0.2, 0.25) is 0 Å². The molecule has 1 amide bonds. The summed E-state index contributed by atoms with van der Waals surface area (Å²) in [6, 6.07) is 5.76. The van der Waals surface area contributed by atoms with Crippen LogP contribution in [0.5, 0.6) is 11.5 Å². The van der Waals surface area contributed by atoms with Gasteiger partial charge in [-0.2, -0.15) is 0 Å². The van der Waals surface area contributed by atoms with Gasteiger partial charge >= 0.3 is 0 Å². The Kier molecular flexibility index (Phi) is 5.51. The van der Waals surface area contributed by atoms with Gasteiger partial charge in [-0.25, -0.2) is 4.98 Å². The van der Waals surface area contributed by atoms with Crippen LogP contribution in [0.25, 0.3) is 10.2 Å². The van der Waals surface area contributed by atoms with Crippen molar-refractivity contribution in [3.05, 3.63) is 45.1 Å². The van der Waals surface area contributed by atoms with Crippen molar-refractivity contribution >= 4 is 39.2 Å². The highest BCUT2D eigenvalue weighted by Gasteiger charge is 2.23. The second-order valence-electron chi connectivity index (χ2n) is 6.72. The lowest BCUT2D eigenvalue weighted by Crippen LogP contribution is -2.37. The van der Waals surface area contributed by atoms with Crippen molar-refractivity contribution in [3.63, 3.8) is 0 Å². The summed E-state index contributed by atoms with van der Waals surface area (Å²) in [6.07, 6.45) is 0.768. The Labute approximate surface area is 176 Å².